The van der Waals surface area contributed by atoms with E-state index in [2.05, 4.69) is 36.4 Å². The zero-order valence-electron chi connectivity index (χ0n) is 11.8. The normalized spacial score (nSPS) is 17.8. The van der Waals surface area contributed by atoms with Crippen LogP contribution in [0, 0.1) is 0 Å². The number of benzene rings is 2. The van der Waals surface area contributed by atoms with Crippen molar-refractivity contribution in [1.82, 2.24) is 0 Å². The molecule has 2 heteroatoms. The summed E-state index contributed by atoms with van der Waals surface area (Å²) in [6.45, 7) is 0. The Bertz CT molecular complexity index is 584. The summed E-state index contributed by atoms with van der Waals surface area (Å²) in [5, 5.41) is 0. The van der Waals surface area contributed by atoms with Gasteiger partial charge in [-0.3, -0.25) is 0 Å². The highest BCUT2D eigenvalue weighted by Gasteiger charge is 2.36. The molecule has 1 aliphatic rings. The molecule has 0 amide bonds. The topological polar surface area (TPSA) is 52.0 Å². The van der Waals surface area contributed by atoms with Crippen molar-refractivity contribution in [2.24, 2.45) is 0 Å². The van der Waals surface area contributed by atoms with Crippen LogP contribution < -0.4 is 11.5 Å². The van der Waals surface area contributed by atoms with Gasteiger partial charge in [0.05, 0.1) is 0 Å². The maximum Gasteiger partial charge on any atom is 0.0357 e. The fourth-order valence-corrected chi connectivity index (χ4v) is 3.61. The fraction of sp³-hybridized carbons (Fsp3) is 0.333. The first-order valence-electron chi connectivity index (χ1n) is 7.43. The van der Waals surface area contributed by atoms with Gasteiger partial charge < -0.3 is 11.5 Å². The number of hydrogen-bond donors (Lipinski definition) is 2. The van der Waals surface area contributed by atoms with Crippen molar-refractivity contribution in [2.75, 3.05) is 11.5 Å². The summed E-state index contributed by atoms with van der Waals surface area (Å²) in [5.41, 5.74) is 16.6. The van der Waals surface area contributed by atoms with Gasteiger partial charge in [-0.1, -0.05) is 49.6 Å². The molecule has 1 fully saturated rings. The minimum Gasteiger partial charge on any atom is -0.399 e. The van der Waals surface area contributed by atoms with Crippen LogP contribution in [0.5, 0.6) is 0 Å². The SMILES string of the molecule is Nc1ccc(N)c(C2(c3ccccc3)CCCCC2)c1. The van der Waals surface area contributed by atoms with E-state index in [9.17, 15) is 0 Å². The summed E-state index contributed by atoms with van der Waals surface area (Å²) in [5.74, 6) is 0. The predicted octanol–water partition coefficient (Wildman–Crippen LogP) is 4.10. The van der Waals surface area contributed by atoms with Crippen LogP contribution in [0.3, 0.4) is 0 Å². The lowest BCUT2D eigenvalue weighted by Gasteiger charge is -2.39. The van der Waals surface area contributed by atoms with Crippen molar-refractivity contribution in [2.45, 2.75) is 37.5 Å². The fourth-order valence-electron chi connectivity index (χ4n) is 3.61. The lowest BCUT2D eigenvalue weighted by atomic mass is 9.65. The Labute approximate surface area is 120 Å². The number of rotatable bonds is 2. The first-order chi connectivity index (χ1) is 9.72. The monoisotopic (exact) mass is 266 g/mol. The van der Waals surface area contributed by atoms with Gasteiger partial charge in [0.25, 0.3) is 0 Å². The molecule has 1 aliphatic carbocycles. The summed E-state index contributed by atoms with van der Waals surface area (Å²) in [7, 11) is 0. The van der Waals surface area contributed by atoms with Crippen LogP contribution in [0.2, 0.25) is 0 Å². The van der Waals surface area contributed by atoms with Crippen LogP contribution in [-0.4, -0.2) is 0 Å². The van der Waals surface area contributed by atoms with Crippen molar-refractivity contribution in [3.63, 3.8) is 0 Å². The molecule has 0 bridgehead atoms. The Hall–Kier alpha value is -1.96. The maximum atomic E-state index is 6.29. The van der Waals surface area contributed by atoms with E-state index in [4.69, 9.17) is 11.5 Å². The molecule has 2 aromatic carbocycles. The van der Waals surface area contributed by atoms with E-state index >= 15 is 0 Å². The molecule has 0 spiro atoms. The second-order valence-corrected chi connectivity index (χ2v) is 5.86. The van der Waals surface area contributed by atoms with Crippen molar-refractivity contribution in [1.29, 1.82) is 0 Å². The Morgan fingerprint density at radius 2 is 1.50 bits per heavy atom. The van der Waals surface area contributed by atoms with Crippen LogP contribution in [0.15, 0.2) is 48.5 Å². The van der Waals surface area contributed by atoms with Crippen molar-refractivity contribution < 1.29 is 0 Å². The quantitative estimate of drug-likeness (QED) is 0.804. The molecule has 4 N–H and O–H groups in total. The summed E-state index contributed by atoms with van der Waals surface area (Å²) in [4.78, 5) is 0. The van der Waals surface area contributed by atoms with Crippen LogP contribution in [0.1, 0.15) is 43.2 Å². The summed E-state index contributed by atoms with van der Waals surface area (Å²) >= 11 is 0. The number of nitrogens with two attached hydrogens (primary N) is 2. The van der Waals surface area contributed by atoms with E-state index < -0.39 is 0 Å². The van der Waals surface area contributed by atoms with E-state index in [1.54, 1.807) is 0 Å². The minimum absolute atomic E-state index is 0.0406. The molecule has 0 unspecified atom stereocenters. The Kier molecular flexibility index (Phi) is 3.39. The van der Waals surface area contributed by atoms with Crippen molar-refractivity contribution >= 4 is 11.4 Å². The van der Waals surface area contributed by atoms with E-state index in [1.165, 1.54) is 30.4 Å². The zero-order chi connectivity index (χ0) is 14.0. The largest absolute Gasteiger partial charge is 0.399 e. The highest BCUT2D eigenvalue weighted by Crippen LogP contribution is 2.47. The van der Waals surface area contributed by atoms with E-state index in [-0.39, 0.29) is 5.41 Å². The second kappa shape index (κ2) is 5.20. The standard InChI is InChI=1S/C18H22N2/c19-15-9-10-17(20)16(13-15)18(11-5-2-6-12-18)14-7-3-1-4-8-14/h1,3-4,7-10,13H,2,5-6,11-12,19-20H2. The number of hydrogen-bond acceptors (Lipinski definition) is 2. The van der Waals surface area contributed by atoms with E-state index in [0.29, 0.717) is 0 Å². The average Bonchev–Trinajstić information content (AvgIpc) is 2.51. The maximum absolute atomic E-state index is 6.29. The van der Waals surface area contributed by atoms with Gasteiger partial charge in [0.1, 0.15) is 0 Å². The Morgan fingerprint density at radius 1 is 0.800 bits per heavy atom. The molecule has 2 aromatic rings. The molecule has 2 nitrogen and oxygen atoms in total. The summed E-state index contributed by atoms with van der Waals surface area (Å²) in [6, 6.07) is 16.7. The van der Waals surface area contributed by atoms with Crippen LogP contribution >= 0.6 is 0 Å². The zero-order valence-corrected chi connectivity index (χ0v) is 11.8. The summed E-state index contributed by atoms with van der Waals surface area (Å²) < 4.78 is 0. The molecule has 3 rings (SSSR count). The summed E-state index contributed by atoms with van der Waals surface area (Å²) in [6.07, 6.45) is 6.14. The van der Waals surface area contributed by atoms with Crippen LogP contribution in [-0.2, 0) is 5.41 Å². The van der Waals surface area contributed by atoms with Gasteiger partial charge >= 0.3 is 0 Å². The van der Waals surface area contributed by atoms with Crippen molar-refractivity contribution in [3.05, 3.63) is 59.7 Å². The molecular weight excluding hydrogens is 244 g/mol. The van der Waals surface area contributed by atoms with Gasteiger partial charge in [-0.2, -0.15) is 0 Å². The van der Waals surface area contributed by atoms with Crippen LogP contribution in [0.4, 0.5) is 11.4 Å². The molecule has 0 aliphatic heterocycles. The third kappa shape index (κ3) is 2.15. The lowest BCUT2D eigenvalue weighted by Crippen LogP contribution is -2.31. The second-order valence-electron chi connectivity index (χ2n) is 5.86. The smallest absolute Gasteiger partial charge is 0.0357 e. The highest BCUT2D eigenvalue weighted by molar-refractivity contribution is 5.61. The highest BCUT2D eigenvalue weighted by atomic mass is 14.6. The third-order valence-corrected chi connectivity index (χ3v) is 4.63. The Balaban J connectivity index is 2.17. The van der Waals surface area contributed by atoms with E-state index in [0.717, 1.165) is 24.2 Å². The lowest BCUT2D eigenvalue weighted by molar-refractivity contribution is 0.347. The van der Waals surface area contributed by atoms with Gasteiger partial charge in [0.15, 0.2) is 0 Å². The van der Waals surface area contributed by atoms with E-state index in [1.807, 2.05) is 12.1 Å². The molecule has 0 aromatic heterocycles. The minimum atomic E-state index is 0.0406. The molecule has 0 heterocycles. The third-order valence-electron chi connectivity index (χ3n) is 4.63. The van der Waals surface area contributed by atoms with Gasteiger partial charge in [-0.05, 0) is 42.2 Å². The number of anilines is 2. The molecule has 0 saturated heterocycles. The first kappa shape index (κ1) is 13.0. The van der Waals surface area contributed by atoms with Gasteiger partial charge in [-0.15, -0.1) is 0 Å². The van der Waals surface area contributed by atoms with Crippen LogP contribution in [0.25, 0.3) is 0 Å². The first-order valence-corrected chi connectivity index (χ1v) is 7.43. The molecule has 104 valence electrons. The van der Waals surface area contributed by atoms with Gasteiger partial charge in [0.2, 0.25) is 0 Å². The molecule has 0 radical (unpaired) electrons. The molecule has 0 atom stereocenters. The molecule has 20 heavy (non-hydrogen) atoms. The Morgan fingerprint density at radius 3 is 2.20 bits per heavy atom. The van der Waals surface area contributed by atoms with Gasteiger partial charge in [-0.25, -0.2) is 0 Å². The molecule has 1 saturated carbocycles. The van der Waals surface area contributed by atoms with Gasteiger partial charge in [0, 0.05) is 16.8 Å². The predicted molar refractivity (Wildman–Crippen MR) is 85.6 cm³/mol. The average molecular weight is 266 g/mol. The number of nitrogen functional groups attached to an aromatic ring is 2. The molecular formula is C18H22N2. The van der Waals surface area contributed by atoms with Crippen molar-refractivity contribution in [3.8, 4) is 0 Å².